The molecule has 112 valence electrons. The topological polar surface area (TPSA) is 27.6 Å². The van der Waals surface area contributed by atoms with Gasteiger partial charge in [0.2, 0.25) is 0 Å². The van der Waals surface area contributed by atoms with Crippen LogP contribution in [0.1, 0.15) is 25.0 Å². The van der Waals surface area contributed by atoms with Crippen molar-refractivity contribution in [3.63, 3.8) is 0 Å². The summed E-state index contributed by atoms with van der Waals surface area (Å²) in [6, 6.07) is 8.76. The molecule has 0 amide bonds. The number of nitrogens with zero attached hydrogens (tertiary/aromatic N) is 2. The fourth-order valence-corrected chi connectivity index (χ4v) is 1.85. The van der Waals surface area contributed by atoms with Crippen LogP contribution in [0.3, 0.4) is 0 Å². The Morgan fingerprint density at radius 3 is 2.35 bits per heavy atom. The third-order valence-electron chi connectivity index (χ3n) is 2.92. The van der Waals surface area contributed by atoms with Gasteiger partial charge < -0.3 is 10.2 Å². The quantitative estimate of drug-likeness (QED) is 0.351. The predicted octanol–water partition coefficient (Wildman–Crippen LogP) is 3.45. The number of hydrogen-bond donors (Lipinski definition) is 1. The second-order valence-electron chi connectivity index (χ2n) is 4.51. The Labute approximate surface area is 140 Å². The van der Waals surface area contributed by atoms with Gasteiger partial charge in [0.1, 0.15) is 0 Å². The minimum absolute atomic E-state index is 0. The van der Waals surface area contributed by atoms with Crippen LogP contribution in [0.25, 0.3) is 0 Å². The summed E-state index contributed by atoms with van der Waals surface area (Å²) in [6.07, 6.45) is 2.89. The summed E-state index contributed by atoms with van der Waals surface area (Å²) in [5.41, 5.74) is 2.67. The maximum atomic E-state index is 4.48. The van der Waals surface area contributed by atoms with E-state index in [0.29, 0.717) is 6.54 Å². The standard InChI is InChI=1S/C16H25N3.HI/c1-5-12-18-16(17-7-3)19(4)13-15-10-8-14(6-2)9-11-15;/h5,8-11H,1,6-7,12-13H2,2-4H3,(H,17,18);1H. The molecule has 0 radical (unpaired) electrons. The molecule has 0 atom stereocenters. The zero-order valence-corrected chi connectivity index (χ0v) is 15.1. The van der Waals surface area contributed by atoms with E-state index in [0.717, 1.165) is 25.5 Å². The van der Waals surface area contributed by atoms with Crippen molar-refractivity contribution in [2.75, 3.05) is 20.1 Å². The van der Waals surface area contributed by atoms with Gasteiger partial charge in [0.15, 0.2) is 5.96 Å². The van der Waals surface area contributed by atoms with Gasteiger partial charge in [0, 0.05) is 20.1 Å². The molecule has 4 heteroatoms. The van der Waals surface area contributed by atoms with Gasteiger partial charge in [-0.25, -0.2) is 4.99 Å². The number of hydrogen-bond acceptors (Lipinski definition) is 1. The lowest BCUT2D eigenvalue weighted by molar-refractivity contribution is 0.478. The van der Waals surface area contributed by atoms with E-state index >= 15 is 0 Å². The Morgan fingerprint density at radius 2 is 1.85 bits per heavy atom. The largest absolute Gasteiger partial charge is 0.357 e. The highest BCUT2D eigenvalue weighted by Gasteiger charge is 2.05. The van der Waals surface area contributed by atoms with Crippen LogP contribution in [0.5, 0.6) is 0 Å². The molecule has 0 saturated heterocycles. The van der Waals surface area contributed by atoms with Crippen LogP contribution in [-0.4, -0.2) is 31.0 Å². The van der Waals surface area contributed by atoms with Crippen molar-refractivity contribution in [1.82, 2.24) is 10.2 Å². The van der Waals surface area contributed by atoms with Crippen molar-refractivity contribution < 1.29 is 0 Å². The summed E-state index contributed by atoms with van der Waals surface area (Å²) < 4.78 is 0. The van der Waals surface area contributed by atoms with Gasteiger partial charge in [-0.1, -0.05) is 37.3 Å². The molecule has 0 aromatic heterocycles. The SMILES string of the molecule is C=CCN=C(NCC)N(C)Cc1ccc(CC)cc1.I. The van der Waals surface area contributed by atoms with Crippen LogP contribution >= 0.6 is 24.0 Å². The lowest BCUT2D eigenvalue weighted by atomic mass is 10.1. The maximum Gasteiger partial charge on any atom is 0.194 e. The van der Waals surface area contributed by atoms with Crippen LogP contribution in [-0.2, 0) is 13.0 Å². The van der Waals surface area contributed by atoms with Gasteiger partial charge in [-0.15, -0.1) is 30.6 Å². The van der Waals surface area contributed by atoms with Gasteiger partial charge in [-0.2, -0.15) is 0 Å². The smallest absolute Gasteiger partial charge is 0.194 e. The third-order valence-corrected chi connectivity index (χ3v) is 2.92. The number of aryl methyl sites for hydroxylation is 1. The molecule has 0 aliphatic rings. The van der Waals surface area contributed by atoms with Gasteiger partial charge in [-0.3, -0.25) is 0 Å². The van der Waals surface area contributed by atoms with E-state index in [-0.39, 0.29) is 24.0 Å². The normalized spacial score (nSPS) is 10.7. The molecule has 1 aromatic carbocycles. The summed E-state index contributed by atoms with van der Waals surface area (Å²) in [5.74, 6) is 0.918. The molecule has 1 rings (SSSR count). The fraction of sp³-hybridized carbons (Fsp3) is 0.438. The second-order valence-corrected chi connectivity index (χ2v) is 4.51. The number of benzene rings is 1. The second kappa shape index (κ2) is 10.7. The molecule has 1 N–H and O–H groups in total. The van der Waals surface area contributed by atoms with Gasteiger partial charge in [-0.05, 0) is 24.5 Å². The summed E-state index contributed by atoms with van der Waals surface area (Å²) in [6.45, 7) is 10.3. The van der Waals surface area contributed by atoms with Gasteiger partial charge >= 0.3 is 0 Å². The highest BCUT2D eigenvalue weighted by Crippen LogP contribution is 2.07. The Balaban J connectivity index is 0.00000361. The molecular weight excluding hydrogens is 361 g/mol. The van der Waals surface area contributed by atoms with Crippen molar-refractivity contribution in [1.29, 1.82) is 0 Å². The molecule has 0 unspecified atom stereocenters. The number of rotatable bonds is 6. The lowest BCUT2D eigenvalue weighted by Gasteiger charge is -2.22. The number of nitrogens with one attached hydrogen (secondary N) is 1. The van der Waals surface area contributed by atoms with E-state index in [1.165, 1.54) is 11.1 Å². The van der Waals surface area contributed by atoms with E-state index in [2.05, 4.69) is 66.9 Å². The zero-order chi connectivity index (χ0) is 14.1. The van der Waals surface area contributed by atoms with Crippen molar-refractivity contribution >= 4 is 29.9 Å². The van der Waals surface area contributed by atoms with E-state index < -0.39 is 0 Å². The molecule has 0 bridgehead atoms. The average Bonchev–Trinajstić information content (AvgIpc) is 2.44. The van der Waals surface area contributed by atoms with Crippen molar-refractivity contribution in [3.8, 4) is 0 Å². The Morgan fingerprint density at radius 1 is 1.25 bits per heavy atom. The van der Waals surface area contributed by atoms with Crippen molar-refractivity contribution in [3.05, 3.63) is 48.0 Å². The maximum absolute atomic E-state index is 4.48. The van der Waals surface area contributed by atoms with E-state index in [9.17, 15) is 0 Å². The Kier molecular flexibility index (Phi) is 10.2. The minimum Gasteiger partial charge on any atom is -0.357 e. The number of aliphatic imine (C=N–C) groups is 1. The number of guanidine groups is 1. The van der Waals surface area contributed by atoms with E-state index in [1.807, 2.05) is 0 Å². The van der Waals surface area contributed by atoms with Crippen LogP contribution in [0.15, 0.2) is 41.9 Å². The molecule has 0 aliphatic heterocycles. The highest BCUT2D eigenvalue weighted by atomic mass is 127. The molecule has 0 aliphatic carbocycles. The monoisotopic (exact) mass is 387 g/mol. The van der Waals surface area contributed by atoms with Crippen LogP contribution < -0.4 is 5.32 Å². The average molecular weight is 387 g/mol. The first-order valence-electron chi connectivity index (χ1n) is 6.89. The van der Waals surface area contributed by atoms with Crippen LogP contribution in [0.4, 0.5) is 0 Å². The predicted molar refractivity (Wildman–Crippen MR) is 98.9 cm³/mol. The van der Waals surface area contributed by atoms with Crippen molar-refractivity contribution in [2.24, 2.45) is 4.99 Å². The molecule has 1 aromatic rings. The summed E-state index contributed by atoms with van der Waals surface area (Å²) in [4.78, 5) is 6.61. The Bertz CT molecular complexity index is 412. The number of halogens is 1. The molecule has 0 saturated carbocycles. The molecule has 3 nitrogen and oxygen atoms in total. The third kappa shape index (κ3) is 6.41. The van der Waals surface area contributed by atoms with Crippen molar-refractivity contribution in [2.45, 2.75) is 26.8 Å². The molecule has 20 heavy (non-hydrogen) atoms. The van der Waals surface area contributed by atoms with Crippen LogP contribution in [0.2, 0.25) is 0 Å². The first kappa shape index (κ1) is 19.0. The van der Waals surface area contributed by atoms with Crippen LogP contribution in [0, 0.1) is 0 Å². The Hall–Kier alpha value is -1.04. The zero-order valence-electron chi connectivity index (χ0n) is 12.7. The van der Waals surface area contributed by atoms with E-state index in [1.54, 1.807) is 6.08 Å². The minimum atomic E-state index is 0. The van der Waals surface area contributed by atoms with E-state index in [4.69, 9.17) is 0 Å². The van der Waals surface area contributed by atoms with Gasteiger partial charge in [0.25, 0.3) is 0 Å². The first-order valence-corrected chi connectivity index (χ1v) is 6.89. The molecule has 0 heterocycles. The first-order chi connectivity index (χ1) is 9.21. The molecule has 0 spiro atoms. The summed E-state index contributed by atoms with van der Waals surface area (Å²) in [7, 11) is 2.05. The lowest BCUT2D eigenvalue weighted by Crippen LogP contribution is -2.38. The van der Waals surface area contributed by atoms with Gasteiger partial charge in [0.05, 0.1) is 6.54 Å². The highest BCUT2D eigenvalue weighted by molar-refractivity contribution is 14.0. The summed E-state index contributed by atoms with van der Waals surface area (Å²) >= 11 is 0. The fourth-order valence-electron chi connectivity index (χ4n) is 1.85. The summed E-state index contributed by atoms with van der Waals surface area (Å²) in [5, 5.41) is 3.29. The molecular formula is C16H26IN3. The molecule has 0 fully saturated rings.